The van der Waals surface area contributed by atoms with Crippen LogP contribution in [0.1, 0.15) is 0 Å². The van der Waals surface area contributed by atoms with Crippen LogP contribution in [0.2, 0.25) is 0 Å². The monoisotopic (exact) mass is 221 g/mol. The predicted octanol–water partition coefficient (Wildman–Crippen LogP) is 0.0209. The van der Waals surface area contributed by atoms with Crippen LogP contribution in [0.3, 0.4) is 0 Å². The van der Waals surface area contributed by atoms with Crippen molar-refractivity contribution in [2.45, 2.75) is 0 Å². The fourth-order valence-corrected chi connectivity index (χ4v) is 1.19. The summed E-state index contributed by atoms with van der Waals surface area (Å²) in [5.74, 6) is -0.189. The Hall–Kier alpha value is -1.37. The molecular formula is C7H8FNO4S. The number of aromatic nitrogens is 1. The molecule has 0 aromatic carbocycles. The summed E-state index contributed by atoms with van der Waals surface area (Å²) in [5, 5.41) is 0. The van der Waals surface area contributed by atoms with E-state index >= 15 is 0 Å². The Kier molecular flexibility index (Phi) is 2.90. The van der Waals surface area contributed by atoms with Crippen molar-refractivity contribution in [1.82, 2.24) is 4.57 Å². The average Bonchev–Trinajstić information content (AvgIpc) is 2.11. The minimum atomic E-state index is -4.22. The SMILES string of the molecule is Cn1ccc(OS(=O)(=O)CF)cc1=O. The third kappa shape index (κ3) is 2.56. The van der Waals surface area contributed by atoms with Crippen molar-refractivity contribution < 1.29 is 17.0 Å². The van der Waals surface area contributed by atoms with Gasteiger partial charge >= 0.3 is 10.1 Å². The quantitative estimate of drug-likeness (QED) is 0.675. The molecule has 14 heavy (non-hydrogen) atoms. The Morgan fingerprint density at radius 2 is 2.21 bits per heavy atom. The van der Waals surface area contributed by atoms with Crippen LogP contribution in [0.4, 0.5) is 4.39 Å². The topological polar surface area (TPSA) is 65.4 Å². The molecule has 0 atom stereocenters. The van der Waals surface area contributed by atoms with E-state index in [0.29, 0.717) is 0 Å². The van der Waals surface area contributed by atoms with Gasteiger partial charge in [-0.1, -0.05) is 0 Å². The van der Waals surface area contributed by atoms with Gasteiger partial charge in [0.1, 0.15) is 5.75 Å². The molecule has 0 N–H and O–H groups in total. The third-order valence-corrected chi connectivity index (χ3v) is 2.15. The van der Waals surface area contributed by atoms with Gasteiger partial charge in [0.25, 0.3) is 5.56 Å². The summed E-state index contributed by atoms with van der Waals surface area (Å²) in [6.45, 7) is 0. The number of halogens is 1. The molecule has 0 aliphatic heterocycles. The van der Waals surface area contributed by atoms with Crippen LogP contribution >= 0.6 is 0 Å². The largest absolute Gasteiger partial charge is 0.380 e. The molecule has 0 amide bonds. The molecule has 0 bridgehead atoms. The summed E-state index contributed by atoms with van der Waals surface area (Å²) in [6, 6.07) is 0.601. The molecule has 0 spiro atoms. The van der Waals surface area contributed by atoms with E-state index < -0.39 is 21.7 Å². The lowest BCUT2D eigenvalue weighted by molar-refractivity contribution is 0.450. The van der Waals surface area contributed by atoms with Gasteiger partial charge in [-0.15, -0.1) is 0 Å². The van der Waals surface area contributed by atoms with E-state index in [4.69, 9.17) is 0 Å². The molecule has 5 nitrogen and oxygen atoms in total. The number of aryl methyl sites for hydroxylation is 1. The van der Waals surface area contributed by atoms with Crippen LogP contribution in [0.15, 0.2) is 23.1 Å². The van der Waals surface area contributed by atoms with E-state index in [-0.39, 0.29) is 5.75 Å². The first-order chi connectivity index (χ1) is 6.44. The van der Waals surface area contributed by atoms with Gasteiger partial charge in [0.2, 0.25) is 6.01 Å². The molecule has 0 aliphatic carbocycles. The molecule has 0 saturated heterocycles. The zero-order chi connectivity index (χ0) is 10.8. The van der Waals surface area contributed by atoms with Gasteiger partial charge in [0, 0.05) is 19.3 Å². The van der Waals surface area contributed by atoms with Crippen molar-refractivity contribution in [3.63, 3.8) is 0 Å². The number of nitrogens with zero attached hydrogens (tertiary/aromatic N) is 1. The van der Waals surface area contributed by atoms with Crippen LogP contribution in [0.25, 0.3) is 0 Å². The summed E-state index contributed by atoms with van der Waals surface area (Å²) in [4.78, 5) is 11.0. The second kappa shape index (κ2) is 3.79. The number of hydrogen-bond donors (Lipinski definition) is 0. The molecule has 1 aromatic rings. The minimum Gasteiger partial charge on any atom is -0.380 e. The Morgan fingerprint density at radius 3 is 2.71 bits per heavy atom. The maximum absolute atomic E-state index is 11.8. The van der Waals surface area contributed by atoms with Gasteiger partial charge in [-0.3, -0.25) is 4.79 Å². The molecular weight excluding hydrogens is 213 g/mol. The van der Waals surface area contributed by atoms with Gasteiger partial charge in [0.15, 0.2) is 0 Å². The molecule has 1 rings (SSSR count). The maximum atomic E-state index is 11.8. The smallest absolute Gasteiger partial charge is 0.339 e. The van der Waals surface area contributed by atoms with Gasteiger partial charge in [0.05, 0.1) is 0 Å². The van der Waals surface area contributed by atoms with Crippen molar-refractivity contribution in [1.29, 1.82) is 0 Å². The normalized spacial score (nSPS) is 11.3. The fraction of sp³-hybridized carbons (Fsp3) is 0.286. The second-order valence-electron chi connectivity index (χ2n) is 2.56. The van der Waals surface area contributed by atoms with E-state index in [1.165, 1.54) is 23.9 Å². The average molecular weight is 221 g/mol. The van der Waals surface area contributed by atoms with E-state index in [2.05, 4.69) is 4.18 Å². The van der Waals surface area contributed by atoms with Crippen molar-refractivity contribution in [3.8, 4) is 5.75 Å². The molecule has 0 fully saturated rings. The summed E-state index contributed by atoms with van der Waals surface area (Å²) in [5.41, 5.74) is -0.434. The minimum absolute atomic E-state index is 0.189. The molecule has 78 valence electrons. The fourth-order valence-electron chi connectivity index (χ4n) is 0.751. The number of rotatable bonds is 3. The zero-order valence-electron chi connectivity index (χ0n) is 7.31. The first-order valence-corrected chi connectivity index (χ1v) is 5.17. The van der Waals surface area contributed by atoms with Crippen LogP contribution in [-0.4, -0.2) is 19.0 Å². The molecule has 1 heterocycles. The molecule has 0 saturated carbocycles. The van der Waals surface area contributed by atoms with Crippen LogP contribution in [0, 0.1) is 0 Å². The molecule has 0 aliphatic rings. The maximum Gasteiger partial charge on any atom is 0.339 e. The van der Waals surface area contributed by atoms with E-state index in [1.807, 2.05) is 0 Å². The van der Waals surface area contributed by atoms with Crippen LogP contribution in [-0.2, 0) is 17.2 Å². The Balaban J connectivity index is 3.00. The van der Waals surface area contributed by atoms with Gasteiger partial charge in [-0.2, -0.15) is 8.42 Å². The van der Waals surface area contributed by atoms with Crippen molar-refractivity contribution in [2.75, 3.05) is 6.01 Å². The highest BCUT2D eigenvalue weighted by Gasteiger charge is 2.11. The first kappa shape index (κ1) is 10.7. The third-order valence-electron chi connectivity index (χ3n) is 1.43. The zero-order valence-corrected chi connectivity index (χ0v) is 8.12. The van der Waals surface area contributed by atoms with Crippen molar-refractivity contribution in [2.24, 2.45) is 7.05 Å². The molecule has 0 unspecified atom stereocenters. The first-order valence-electron chi connectivity index (χ1n) is 3.59. The number of alkyl halides is 1. The van der Waals surface area contributed by atoms with Crippen molar-refractivity contribution >= 4 is 10.1 Å². The standard InChI is InChI=1S/C7H8FNO4S/c1-9-3-2-6(4-7(9)10)13-14(11,12)5-8/h2-4H,5H2,1H3. The van der Waals surface area contributed by atoms with Gasteiger partial charge in [-0.25, -0.2) is 4.39 Å². The van der Waals surface area contributed by atoms with Crippen LogP contribution in [0.5, 0.6) is 5.75 Å². The van der Waals surface area contributed by atoms with Gasteiger partial charge in [-0.05, 0) is 6.07 Å². The lowest BCUT2D eigenvalue weighted by Crippen LogP contribution is -2.17. The van der Waals surface area contributed by atoms with Gasteiger partial charge < -0.3 is 8.75 Å². The summed E-state index contributed by atoms with van der Waals surface area (Å²) >= 11 is 0. The van der Waals surface area contributed by atoms with Crippen molar-refractivity contribution in [3.05, 3.63) is 28.7 Å². The molecule has 1 aromatic heterocycles. The number of pyridine rings is 1. The van der Waals surface area contributed by atoms with E-state index in [1.54, 1.807) is 0 Å². The number of hydrogen-bond acceptors (Lipinski definition) is 4. The predicted molar refractivity (Wildman–Crippen MR) is 47.2 cm³/mol. The lowest BCUT2D eigenvalue weighted by Gasteiger charge is -2.03. The highest BCUT2D eigenvalue weighted by atomic mass is 32.2. The molecule has 0 radical (unpaired) electrons. The highest BCUT2D eigenvalue weighted by Crippen LogP contribution is 2.09. The summed E-state index contributed by atoms with van der Waals surface area (Å²) in [6.07, 6.45) is 1.32. The highest BCUT2D eigenvalue weighted by molar-refractivity contribution is 7.86. The second-order valence-corrected chi connectivity index (χ2v) is 4.06. The Morgan fingerprint density at radius 1 is 1.57 bits per heavy atom. The van der Waals surface area contributed by atoms with E-state index in [0.717, 1.165) is 6.07 Å². The lowest BCUT2D eigenvalue weighted by atomic mass is 10.4. The Labute approximate surface area is 79.9 Å². The summed E-state index contributed by atoms with van der Waals surface area (Å²) < 4.78 is 38.7. The summed E-state index contributed by atoms with van der Waals surface area (Å²) in [7, 11) is -2.72. The Bertz CT molecular complexity index is 479. The van der Waals surface area contributed by atoms with Crippen LogP contribution < -0.4 is 9.74 Å². The van der Waals surface area contributed by atoms with E-state index in [9.17, 15) is 17.6 Å². The molecule has 7 heteroatoms.